The van der Waals surface area contributed by atoms with Gasteiger partial charge in [0.15, 0.2) is 0 Å². The van der Waals surface area contributed by atoms with Crippen molar-refractivity contribution in [1.29, 1.82) is 0 Å². The van der Waals surface area contributed by atoms with Gasteiger partial charge in [-0.15, -0.1) is 0 Å². The van der Waals surface area contributed by atoms with Crippen molar-refractivity contribution in [3.63, 3.8) is 0 Å². The van der Waals surface area contributed by atoms with Gasteiger partial charge >= 0.3 is 0 Å². The van der Waals surface area contributed by atoms with Gasteiger partial charge in [-0.1, -0.05) is 54.1 Å². The number of nitro benzene ring substituents is 1. The minimum Gasteiger partial charge on any atom is -0.489 e. The van der Waals surface area contributed by atoms with Crippen molar-refractivity contribution in [1.82, 2.24) is 4.90 Å². The lowest BCUT2D eigenvalue weighted by molar-refractivity contribution is -0.384. The molecule has 0 aromatic heterocycles. The molecule has 7 nitrogen and oxygen atoms in total. The molecule has 0 spiro atoms. The van der Waals surface area contributed by atoms with Crippen LogP contribution in [0, 0.1) is 10.1 Å². The lowest BCUT2D eigenvalue weighted by Crippen LogP contribution is -2.27. The van der Waals surface area contributed by atoms with Crippen LogP contribution in [-0.4, -0.2) is 21.0 Å². The maximum Gasteiger partial charge on any atom is 0.293 e. The van der Waals surface area contributed by atoms with Crippen LogP contribution >= 0.6 is 23.4 Å². The zero-order valence-electron chi connectivity index (χ0n) is 17.1. The Labute approximate surface area is 198 Å². The van der Waals surface area contributed by atoms with E-state index in [0.717, 1.165) is 27.8 Å². The normalized spacial score (nSPS) is 14.7. The molecule has 3 aromatic rings. The van der Waals surface area contributed by atoms with Crippen molar-refractivity contribution >= 4 is 46.3 Å². The fraction of sp³-hybridized carbons (Fsp3) is 0.0833. The lowest BCUT2D eigenvalue weighted by Gasteiger charge is -2.12. The van der Waals surface area contributed by atoms with Gasteiger partial charge in [0, 0.05) is 22.7 Å². The highest BCUT2D eigenvalue weighted by atomic mass is 35.5. The number of nitrogens with zero attached hydrogens (tertiary/aromatic N) is 2. The molecule has 0 saturated carbocycles. The predicted octanol–water partition coefficient (Wildman–Crippen LogP) is 6.06. The molecule has 0 bridgehead atoms. The van der Waals surface area contributed by atoms with Crippen molar-refractivity contribution in [2.45, 2.75) is 13.2 Å². The van der Waals surface area contributed by atoms with E-state index >= 15 is 0 Å². The van der Waals surface area contributed by atoms with E-state index in [9.17, 15) is 19.7 Å². The number of benzene rings is 3. The number of ether oxygens (including phenoxy) is 1. The molecule has 0 atom stereocenters. The van der Waals surface area contributed by atoms with Gasteiger partial charge in [-0.05, 0) is 47.2 Å². The van der Waals surface area contributed by atoms with Crippen LogP contribution in [0.2, 0.25) is 5.02 Å². The largest absolute Gasteiger partial charge is 0.489 e. The van der Waals surface area contributed by atoms with E-state index in [1.165, 1.54) is 24.3 Å². The second kappa shape index (κ2) is 9.89. The fourth-order valence-corrected chi connectivity index (χ4v) is 4.16. The number of carbonyl (C=O) groups excluding carboxylic acids is 2. The highest BCUT2D eigenvalue weighted by Gasteiger charge is 2.35. The first-order valence-electron chi connectivity index (χ1n) is 9.86. The average molecular weight is 481 g/mol. The van der Waals surface area contributed by atoms with Gasteiger partial charge in [0.25, 0.3) is 16.8 Å². The third-order valence-electron chi connectivity index (χ3n) is 4.89. The SMILES string of the molecule is O=C1S/C(=C/c2ccc(OCc3ccccc3Cl)cc2)C(=O)N1Cc1ccc([N+](=O)[O-])cc1. The molecular formula is C24H17ClN2O5S. The Kier molecular flexibility index (Phi) is 6.76. The molecule has 0 aliphatic carbocycles. The Balaban J connectivity index is 1.40. The smallest absolute Gasteiger partial charge is 0.293 e. The summed E-state index contributed by atoms with van der Waals surface area (Å²) in [6, 6.07) is 20.4. The maximum atomic E-state index is 12.7. The minimum atomic E-state index is -0.500. The molecule has 1 saturated heterocycles. The van der Waals surface area contributed by atoms with Crippen molar-refractivity contribution in [3.05, 3.63) is 110 Å². The van der Waals surface area contributed by atoms with Crippen LogP contribution < -0.4 is 4.74 Å². The first-order chi connectivity index (χ1) is 15.9. The van der Waals surface area contributed by atoms with Crippen LogP contribution in [0.3, 0.4) is 0 Å². The molecule has 0 radical (unpaired) electrons. The molecule has 166 valence electrons. The highest BCUT2D eigenvalue weighted by molar-refractivity contribution is 8.18. The highest BCUT2D eigenvalue weighted by Crippen LogP contribution is 2.33. The predicted molar refractivity (Wildman–Crippen MR) is 127 cm³/mol. The zero-order valence-corrected chi connectivity index (χ0v) is 18.7. The third kappa shape index (κ3) is 5.42. The summed E-state index contributed by atoms with van der Waals surface area (Å²) in [7, 11) is 0. The molecule has 3 aromatic carbocycles. The van der Waals surface area contributed by atoms with Gasteiger partial charge in [0.1, 0.15) is 12.4 Å². The van der Waals surface area contributed by atoms with Crippen molar-refractivity contribution in [2.24, 2.45) is 0 Å². The lowest BCUT2D eigenvalue weighted by atomic mass is 10.2. The average Bonchev–Trinajstić information content (AvgIpc) is 3.07. The van der Waals surface area contributed by atoms with Gasteiger partial charge in [-0.2, -0.15) is 0 Å². The Morgan fingerprint density at radius 3 is 2.36 bits per heavy atom. The molecular weight excluding hydrogens is 464 g/mol. The molecule has 2 amide bonds. The number of imide groups is 1. The molecule has 1 aliphatic rings. The first kappa shape index (κ1) is 22.6. The molecule has 9 heteroatoms. The summed E-state index contributed by atoms with van der Waals surface area (Å²) < 4.78 is 5.76. The second-order valence-corrected chi connectivity index (χ2v) is 8.54. The Morgan fingerprint density at radius 2 is 1.70 bits per heavy atom. The van der Waals surface area contributed by atoms with E-state index in [-0.39, 0.29) is 17.5 Å². The number of amides is 2. The number of non-ortho nitro benzene ring substituents is 1. The van der Waals surface area contributed by atoms with Crippen LogP contribution in [0.25, 0.3) is 6.08 Å². The van der Waals surface area contributed by atoms with E-state index in [2.05, 4.69) is 0 Å². The summed E-state index contributed by atoms with van der Waals surface area (Å²) >= 11 is 7.00. The summed E-state index contributed by atoms with van der Waals surface area (Å²) in [5.74, 6) is 0.251. The Bertz CT molecular complexity index is 1240. The summed E-state index contributed by atoms with van der Waals surface area (Å²) in [5.41, 5.74) is 2.21. The van der Waals surface area contributed by atoms with Gasteiger partial charge in [0.05, 0.1) is 16.4 Å². The third-order valence-corrected chi connectivity index (χ3v) is 6.17. The van der Waals surface area contributed by atoms with Gasteiger partial charge in [-0.25, -0.2) is 0 Å². The van der Waals surface area contributed by atoms with Crippen LogP contribution in [0.5, 0.6) is 5.75 Å². The quantitative estimate of drug-likeness (QED) is 0.232. The van der Waals surface area contributed by atoms with E-state index in [4.69, 9.17) is 16.3 Å². The van der Waals surface area contributed by atoms with E-state index in [1.54, 1.807) is 36.4 Å². The standard InChI is InChI=1S/C24H17ClN2O5S/c25-21-4-2-1-3-18(21)15-32-20-11-7-16(8-12-20)13-22-23(28)26(24(29)33-22)14-17-5-9-19(10-6-17)27(30)31/h1-13H,14-15H2/b22-13+. The van der Waals surface area contributed by atoms with Gasteiger partial charge in [-0.3, -0.25) is 24.6 Å². The van der Waals surface area contributed by atoms with Crippen molar-refractivity contribution < 1.29 is 19.2 Å². The number of halogens is 1. The summed E-state index contributed by atoms with van der Waals surface area (Å²) in [4.78, 5) is 36.8. The van der Waals surface area contributed by atoms with Crippen LogP contribution in [0.1, 0.15) is 16.7 Å². The molecule has 4 rings (SSSR count). The number of hydrogen-bond donors (Lipinski definition) is 0. The number of carbonyl (C=O) groups is 2. The Morgan fingerprint density at radius 1 is 1.00 bits per heavy atom. The Hall–Kier alpha value is -3.62. The minimum absolute atomic E-state index is 0.0490. The monoisotopic (exact) mass is 480 g/mol. The van der Waals surface area contributed by atoms with Crippen LogP contribution in [0.15, 0.2) is 77.7 Å². The number of hydrogen-bond acceptors (Lipinski definition) is 6. The summed E-state index contributed by atoms with van der Waals surface area (Å²) in [5, 5.41) is 11.0. The molecule has 1 fully saturated rings. The van der Waals surface area contributed by atoms with Crippen molar-refractivity contribution in [3.8, 4) is 5.75 Å². The molecule has 0 N–H and O–H groups in total. The first-order valence-corrected chi connectivity index (χ1v) is 11.0. The summed E-state index contributed by atoms with van der Waals surface area (Å²) in [6.45, 7) is 0.384. The summed E-state index contributed by atoms with van der Waals surface area (Å²) in [6.07, 6.45) is 1.65. The van der Waals surface area contributed by atoms with Gasteiger partial charge in [0.2, 0.25) is 0 Å². The van der Waals surface area contributed by atoms with E-state index in [0.29, 0.717) is 27.8 Å². The van der Waals surface area contributed by atoms with Crippen LogP contribution in [-0.2, 0) is 17.9 Å². The maximum absolute atomic E-state index is 12.7. The molecule has 1 aliphatic heterocycles. The van der Waals surface area contributed by atoms with Crippen molar-refractivity contribution in [2.75, 3.05) is 0 Å². The number of rotatable bonds is 7. The second-order valence-electron chi connectivity index (χ2n) is 7.14. The molecule has 0 unspecified atom stereocenters. The molecule has 1 heterocycles. The number of thioether (sulfide) groups is 1. The molecule has 33 heavy (non-hydrogen) atoms. The number of nitro groups is 1. The zero-order chi connectivity index (χ0) is 23.4. The fourth-order valence-electron chi connectivity index (χ4n) is 3.13. The van der Waals surface area contributed by atoms with Crippen LogP contribution in [0.4, 0.5) is 10.5 Å². The topological polar surface area (TPSA) is 89.8 Å². The van der Waals surface area contributed by atoms with E-state index < -0.39 is 10.8 Å². The van der Waals surface area contributed by atoms with Gasteiger partial charge < -0.3 is 4.74 Å². The van der Waals surface area contributed by atoms with E-state index in [1.807, 2.05) is 18.2 Å².